The smallest absolute Gasteiger partial charge is 0.134 e. The normalized spacial score (nSPS) is 13.1. The second-order valence-corrected chi connectivity index (χ2v) is 4.89. The highest BCUT2D eigenvalue weighted by Gasteiger charge is 2.12. The molecule has 1 rings (SSSR count). The lowest BCUT2D eigenvalue weighted by Crippen LogP contribution is -2.28. The van der Waals surface area contributed by atoms with Crippen molar-refractivity contribution in [3.05, 3.63) is 5.69 Å². The van der Waals surface area contributed by atoms with Gasteiger partial charge in [-0.2, -0.15) is 0 Å². The van der Waals surface area contributed by atoms with Crippen molar-refractivity contribution in [2.45, 2.75) is 33.7 Å². The van der Waals surface area contributed by atoms with E-state index in [-0.39, 0.29) is 0 Å². The average Bonchev–Trinajstić information content (AvgIpc) is 2.75. The van der Waals surface area contributed by atoms with Crippen molar-refractivity contribution >= 4 is 16.5 Å². The van der Waals surface area contributed by atoms with Crippen LogP contribution in [0.5, 0.6) is 0 Å². The Bertz CT molecular complexity index is 300. The number of nitrogens with one attached hydrogen (secondary N) is 1. The fourth-order valence-corrected chi connectivity index (χ4v) is 2.11. The van der Waals surface area contributed by atoms with Gasteiger partial charge in [-0.15, -0.1) is 5.10 Å². The van der Waals surface area contributed by atoms with Gasteiger partial charge in [-0.1, -0.05) is 31.7 Å². The quantitative estimate of drug-likeness (QED) is 0.797. The van der Waals surface area contributed by atoms with Crippen LogP contribution in [0, 0.1) is 5.92 Å². The Morgan fingerprint density at radius 2 is 2.19 bits per heavy atom. The Morgan fingerprint density at radius 1 is 1.44 bits per heavy atom. The van der Waals surface area contributed by atoms with Gasteiger partial charge in [0, 0.05) is 31.7 Å². The maximum Gasteiger partial charge on any atom is 0.134 e. The predicted molar refractivity (Wildman–Crippen MR) is 69.9 cm³/mol. The van der Waals surface area contributed by atoms with Gasteiger partial charge in [0.25, 0.3) is 0 Å². The summed E-state index contributed by atoms with van der Waals surface area (Å²) in [7, 11) is 1.92. The van der Waals surface area contributed by atoms with Crippen LogP contribution in [-0.2, 0) is 6.54 Å². The number of aromatic nitrogens is 2. The van der Waals surface area contributed by atoms with E-state index in [2.05, 4.69) is 40.6 Å². The highest BCUT2D eigenvalue weighted by Crippen LogP contribution is 2.19. The SMILES string of the molecule is CCC(C)CN(CC)Cc1nnsc1NC. The van der Waals surface area contributed by atoms with Gasteiger partial charge in [0.2, 0.25) is 0 Å². The lowest BCUT2D eigenvalue weighted by Gasteiger charge is -2.22. The Labute approximate surface area is 102 Å². The maximum absolute atomic E-state index is 4.17. The summed E-state index contributed by atoms with van der Waals surface area (Å²) in [6, 6.07) is 0. The van der Waals surface area contributed by atoms with E-state index in [0.717, 1.165) is 36.2 Å². The largest absolute Gasteiger partial charge is 0.377 e. The Kier molecular flexibility index (Phi) is 5.69. The lowest BCUT2D eigenvalue weighted by atomic mass is 10.1. The van der Waals surface area contributed by atoms with E-state index in [1.165, 1.54) is 18.0 Å². The van der Waals surface area contributed by atoms with Gasteiger partial charge in [-0.3, -0.25) is 4.90 Å². The Morgan fingerprint density at radius 3 is 2.75 bits per heavy atom. The summed E-state index contributed by atoms with van der Waals surface area (Å²) in [5.74, 6) is 0.740. The minimum atomic E-state index is 0.740. The third-order valence-electron chi connectivity index (χ3n) is 2.87. The highest BCUT2D eigenvalue weighted by atomic mass is 32.1. The molecule has 5 heteroatoms. The number of hydrogen-bond acceptors (Lipinski definition) is 5. The topological polar surface area (TPSA) is 41.1 Å². The van der Waals surface area contributed by atoms with Crippen molar-refractivity contribution in [2.24, 2.45) is 5.92 Å². The van der Waals surface area contributed by atoms with Crippen LogP contribution >= 0.6 is 11.5 Å². The van der Waals surface area contributed by atoms with E-state index in [9.17, 15) is 0 Å². The Balaban J connectivity index is 2.56. The first-order chi connectivity index (χ1) is 7.71. The minimum absolute atomic E-state index is 0.740. The molecule has 0 saturated carbocycles. The molecule has 4 nitrogen and oxygen atoms in total. The van der Waals surface area contributed by atoms with Crippen LogP contribution < -0.4 is 5.32 Å². The fourth-order valence-electron chi connectivity index (χ4n) is 1.59. The zero-order chi connectivity index (χ0) is 12.0. The van der Waals surface area contributed by atoms with E-state index >= 15 is 0 Å². The van der Waals surface area contributed by atoms with E-state index in [4.69, 9.17) is 0 Å². The van der Waals surface area contributed by atoms with Crippen LogP contribution in [0.4, 0.5) is 5.00 Å². The van der Waals surface area contributed by atoms with Crippen LogP contribution in [0.15, 0.2) is 0 Å². The van der Waals surface area contributed by atoms with E-state index in [1.807, 2.05) is 7.05 Å². The van der Waals surface area contributed by atoms with Gasteiger partial charge < -0.3 is 5.32 Å². The molecule has 0 aliphatic rings. The second kappa shape index (κ2) is 6.81. The van der Waals surface area contributed by atoms with Gasteiger partial charge in [0.1, 0.15) is 10.7 Å². The van der Waals surface area contributed by atoms with Crippen molar-refractivity contribution in [1.82, 2.24) is 14.5 Å². The van der Waals surface area contributed by atoms with Gasteiger partial charge in [-0.05, 0) is 12.5 Å². The second-order valence-electron chi connectivity index (χ2n) is 4.14. The van der Waals surface area contributed by atoms with E-state index in [1.54, 1.807) is 0 Å². The van der Waals surface area contributed by atoms with Crippen molar-refractivity contribution in [2.75, 3.05) is 25.5 Å². The molecule has 1 unspecified atom stereocenters. The van der Waals surface area contributed by atoms with Crippen LogP contribution in [0.3, 0.4) is 0 Å². The van der Waals surface area contributed by atoms with Crippen LogP contribution in [0.2, 0.25) is 0 Å². The zero-order valence-corrected chi connectivity index (χ0v) is 11.5. The molecule has 1 aromatic rings. The van der Waals surface area contributed by atoms with Gasteiger partial charge in [0.15, 0.2) is 0 Å². The fraction of sp³-hybridized carbons (Fsp3) is 0.818. The summed E-state index contributed by atoms with van der Waals surface area (Å²) in [5, 5.41) is 8.40. The summed E-state index contributed by atoms with van der Waals surface area (Å²) >= 11 is 1.43. The lowest BCUT2D eigenvalue weighted by molar-refractivity contribution is 0.236. The summed E-state index contributed by atoms with van der Waals surface area (Å²) in [6.45, 7) is 9.82. The van der Waals surface area contributed by atoms with Crippen molar-refractivity contribution < 1.29 is 0 Å². The van der Waals surface area contributed by atoms with E-state index < -0.39 is 0 Å². The molecule has 1 N–H and O–H groups in total. The third kappa shape index (κ3) is 3.72. The summed E-state index contributed by atoms with van der Waals surface area (Å²) in [4.78, 5) is 2.42. The molecule has 0 aliphatic carbocycles. The molecule has 16 heavy (non-hydrogen) atoms. The molecule has 0 amide bonds. The van der Waals surface area contributed by atoms with Crippen LogP contribution in [0.25, 0.3) is 0 Å². The van der Waals surface area contributed by atoms with Crippen LogP contribution in [-0.4, -0.2) is 34.6 Å². The maximum atomic E-state index is 4.17. The number of hydrogen-bond donors (Lipinski definition) is 1. The Hall–Kier alpha value is -0.680. The third-order valence-corrected chi connectivity index (χ3v) is 3.66. The number of rotatable bonds is 7. The van der Waals surface area contributed by atoms with Crippen molar-refractivity contribution in [3.63, 3.8) is 0 Å². The van der Waals surface area contributed by atoms with Crippen molar-refractivity contribution in [1.29, 1.82) is 0 Å². The first-order valence-electron chi connectivity index (χ1n) is 5.92. The molecule has 0 aliphatic heterocycles. The van der Waals surface area contributed by atoms with E-state index in [0.29, 0.717) is 0 Å². The molecule has 92 valence electrons. The zero-order valence-electron chi connectivity index (χ0n) is 10.7. The molecule has 0 bridgehead atoms. The summed E-state index contributed by atoms with van der Waals surface area (Å²) < 4.78 is 3.98. The molecule has 1 aromatic heterocycles. The molecule has 0 fully saturated rings. The minimum Gasteiger partial charge on any atom is -0.377 e. The van der Waals surface area contributed by atoms with Gasteiger partial charge in [0.05, 0.1) is 0 Å². The number of nitrogens with zero attached hydrogens (tertiary/aromatic N) is 3. The van der Waals surface area contributed by atoms with Gasteiger partial charge in [-0.25, -0.2) is 0 Å². The first kappa shape index (κ1) is 13.4. The number of anilines is 1. The van der Waals surface area contributed by atoms with Crippen LogP contribution in [0.1, 0.15) is 32.9 Å². The summed E-state index contributed by atoms with van der Waals surface area (Å²) in [5.41, 5.74) is 1.07. The molecular formula is C11H22N4S. The standard InChI is InChI=1S/C11H22N4S/c1-5-9(3)7-15(6-2)8-10-11(12-4)16-14-13-10/h9,12H,5-8H2,1-4H3. The average molecular weight is 242 g/mol. The molecule has 0 saturated heterocycles. The van der Waals surface area contributed by atoms with Gasteiger partial charge >= 0.3 is 0 Å². The highest BCUT2D eigenvalue weighted by molar-refractivity contribution is 7.10. The molecule has 1 heterocycles. The molecular weight excluding hydrogens is 220 g/mol. The predicted octanol–water partition coefficient (Wildman–Crippen LogP) is 2.45. The summed E-state index contributed by atoms with van der Waals surface area (Å²) in [6.07, 6.45) is 1.23. The molecule has 1 atom stereocenters. The van der Waals surface area contributed by atoms with Crippen molar-refractivity contribution in [3.8, 4) is 0 Å². The molecule has 0 radical (unpaired) electrons. The monoisotopic (exact) mass is 242 g/mol. The molecule has 0 spiro atoms. The first-order valence-corrected chi connectivity index (χ1v) is 6.69. The molecule has 0 aromatic carbocycles.